The molecule has 3 rings (SSSR count). The molecule has 0 aliphatic rings. The van der Waals surface area contributed by atoms with Crippen molar-refractivity contribution < 1.29 is 17.6 Å². The van der Waals surface area contributed by atoms with Gasteiger partial charge in [0.2, 0.25) is 0 Å². The van der Waals surface area contributed by atoms with Gasteiger partial charge in [0, 0.05) is 17.4 Å². The van der Waals surface area contributed by atoms with Crippen LogP contribution in [0.15, 0.2) is 69.2 Å². The van der Waals surface area contributed by atoms with Crippen LogP contribution >= 0.6 is 0 Å². The summed E-state index contributed by atoms with van der Waals surface area (Å²) in [4.78, 5) is 38.1. The van der Waals surface area contributed by atoms with Crippen molar-refractivity contribution in [3.63, 3.8) is 0 Å². The Balaban J connectivity index is 1.77. The van der Waals surface area contributed by atoms with Gasteiger partial charge >= 0.3 is 5.69 Å². The number of benzene rings is 2. The van der Waals surface area contributed by atoms with E-state index in [4.69, 9.17) is 0 Å². The summed E-state index contributed by atoms with van der Waals surface area (Å²) >= 11 is 0. The van der Waals surface area contributed by atoms with Crippen molar-refractivity contribution in [3.8, 4) is 0 Å². The summed E-state index contributed by atoms with van der Waals surface area (Å²) in [7, 11) is -4.32. The minimum atomic E-state index is -4.32. The van der Waals surface area contributed by atoms with Gasteiger partial charge in [0.15, 0.2) is 4.90 Å². The minimum Gasteiger partial charge on any atom is -0.313 e. The standard InChI is InChI=1S/C17H14FN5O5S/c18-12-6-1-2-7-13(12)21-22-15(24)10-4-3-5-11(8-10)23-29(27,28)14-9-19-17(26)20-16(14)25/h1-9,21,23H,(H,22,24)(H2,19,20,25,26). The molecule has 0 aliphatic carbocycles. The van der Waals surface area contributed by atoms with Crippen molar-refractivity contribution in [2.24, 2.45) is 0 Å². The lowest BCUT2D eigenvalue weighted by molar-refractivity contribution is 0.0962. The second-order valence-corrected chi connectivity index (χ2v) is 7.33. The molecule has 3 aromatic rings. The lowest BCUT2D eigenvalue weighted by Gasteiger charge is -2.11. The number of hydrogen-bond acceptors (Lipinski definition) is 6. The summed E-state index contributed by atoms with van der Waals surface area (Å²) in [5.74, 6) is -1.23. The van der Waals surface area contributed by atoms with Gasteiger partial charge in [-0.05, 0) is 30.3 Å². The van der Waals surface area contributed by atoms with Gasteiger partial charge in [-0.3, -0.25) is 30.1 Å². The van der Waals surface area contributed by atoms with Gasteiger partial charge in [-0.2, -0.15) is 0 Å². The molecule has 0 radical (unpaired) electrons. The predicted octanol–water partition coefficient (Wildman–Crippen LogP) is 0.760. The number of carbonyl (C=O) groups is 1. The Hall–Kier alpha value is -3.93. The molecule has 29 heavy (non-hydrogen) atoms. The number of hydrazine groups is 1. The number of amides is 1. The molecule has 0 spiro atoms. The smallest absolute Gasteiger partial charge is 0.313 e. The van der Waals surface area contributed by atoms with Crippen LogP contribution in [0.5, 0.6) is 0 Å². The Bertz CT molecular complexity index is 1290. The highest BCUT2D eigenvalue weighted by molar-refractivity contribution is 7.92. The number of anilines is 2. The molecule has 150 valence electrons. The molecule has 0 saturated heterocycles. The molecule has 5 N–H and O–H groups in total. The van der Waals surface area contributed by atoms with Crippen LogP contribution in [0.25, 0.3) is 0 Å². The first kappa shape index (κ1) is 19.8. The maximum atomic E-state index is 13.6. The first-order valence-corrected chi connectivity index (χ1v) is 9.50. The average molecular weight is 419 g/mol. The number of nitrogens with one attached hydrogen (secondary N) is 5. The Morgan fingerprint density at radius 2 is 1.79 bits per heavy atom. The molecular formula is C17H14FN5O5S. The normalized spacial score (nSPS) is 10.9. The highest BCUT2D eigenvalue weighted by Gasteiger charge is 2.19. The largest absolute Gasteiger partial charge is 0.325 e. The van der Waals surface area contributed by atoms with Crippen molar-refractivity contribution in [3.05, 3.63) is 86.9 Å². The number of para-hydroxylation sites is 1. The Kier molecular flexibility index (Phi) is 5.45. The monoisotopic (exact) mass is 419 g/mol. The van der Waals surface area contributed by atoms with Crippen molar-refractivity contribution in [2.75, 3.05) is 10.1 Å². The maximum Gasteiger partial charge on any atom is 0.325 e. The van der Waals surface area contributed by atoms with E-state index < -0.39 is 37.9 Å². The van der Waals surface area contributed by atoms with Gasteiger partial charge in [0.25, 0.3) is 21.5 Å². The number of H-pyrrole nitrogens is 2. The van der Waals surface area contributed by atoms with E-state index in [-0.39, 0.29) is 16.9 Å². The quantitative estimate of drug-likeness (QED) is 0.372. The molecule has 0 bridgehead atoms. The zero-order valence-electron chi connectivity index (χ0n) is 14.5. The van der Waals surface area contributed by atoms with Crippen molar-refractivity contribution in [1.82, 2.24) is 15.4 Å². The third-order valence-corrected chi connectivity index (χ3v) is 5.02. The summed E-state index contributed by atoms with van der Waals surface area (Å²) in [5, 5.41) is 0. The van der Waals surface area contributed by atoms with Gasteiger partial charge in [-0.25, -0.2) is 17.6 Å². The Labute approximate surface area is 162 Å². The summed E-state index contributed by atoms with van der Waals surface area (Å²) in [6, 6.07) is 11.1. The number of aromatic nitrogens is 2. The van der Waals surface area contributed by atoms with Crippen LogP contribution in [0.1, 0.15) is 10.4 Å². The Morgan fingerprint density at radius 1 is 1.03 bits per heavy atom. The van der Waals surface area contributed by atoms with E-state index in [0.29, 0.717) is 0 Å². The minimum absolute atomic E-state index is 0.00542. The lowest BCUT2D eigenvalue weighted by atomic mass is 10.2. The van der Waals surface area contributed by atoms with Crippen LogP contribution in [0.2, 0.25) is 0 Å². The molecule has 12 heteroatoms. The van der Waals surface area contributed by atoms with Crippen LogP contribution in [-0.2, 0) is 10.0 Å². The fourth-order valence-electron chi connectivity index (χ4n) is 2.29. The van der Waals surface area contributed by atoms with E-state index in [2.05, 4.69) is 20.6 Å². The van der Waals surface area contributed by atoms with Crippen molar-refractivity contribution in [1.29, 1.82) is 0 Å². The predicted molar refractivity (Wildman–Crippen MR) is 102 cm³/mol. The average Bonchev–Trinajstić information content (AvgIpc) is 2.66. The molecular weight excluding hydrogens is 405 g/mol. The van der Waals surface area contributed by atoms with Crippen LogP contribution in [0.3, 0.4) is 0 Å². The molecule has 0 saturated carbocycles. The van der Waals surface area contributed by atoms with Crippen LogP contribution in [-0.4, -0.2) is 24.3 Å². The summed E-state index contributed by atoms with van der Waals surface area (Å²) in [6.07, 6.45) is 0.762. The molecule has 10 nitrogen and oxygen atoms in total. The zero-order chi connectivity index (χ0) is 21.0. The van der Waals surface area contributed by atoms with Gasteiger partial charge < -0.3 is 4.98 Å². The van der Waals surface area contributed by atoms with E-state index in [1.165, 1.54) is 42.5 Å². The summed E-state index contributed by atoms with van der Waals surface area (Å²) in [6.45, 7) is 0. The number of rotatable bonds is 6. The first-order chi connectivity index (χ1) is 13.8. The number of hydrogen-bond donors (Lipinski definition) is 5. The van der Waals surface area contributed by atoms with Crippen LogP contribution < -0.4 is 26.8 Å². The zero-order valence-corrected chi connectivity index (χ0v) is 15.3. The first-order valence-electron chi connectivity index (χ1n) is 8.02. The number of halogens is 1. The van der Waals surface area contributed by atoms with Gasteiger partial charge in [-0.1, -0.05) is 18.2 Å². The van der Waals surface area contributed by atoms with Crippen LogP contribution in [0, 0.1) is 5.82 Å². The molecule has 0 aliphatic heterocycles. The molecule has 0 unspecified atom stereocenters. The van der Waals surface area contributed by atoms with E-state index in [1.807, 2.05) is 4.98 Å². The van der Waals surface area contributed by atoms with Crippen LogP contribution in [0.4, 0.5) is 15.8 Å². The second kappa shape index (κ2) is 7.98. The topological polar surface area (TPSA) is 153 Å². The fourth-order valence-corrected chi connectivity index (χ4v) is 3.35. The van der Waals surface area contributed by atoms with E-state index in [9.17, 15) is 27.2 Å². The molecule has 1 heterocycles. The highest BCUT2D eigenvalue weighted by atomic mass is 32.2. The third-order valence-electron chi connectivity index (χ3n) is 3.64. The number of carbonyl (C=O) groups excluding carboxylic acids is 1. The Morgan fingerprint density at radius 3 is 2.52 bits per heavy atom. The SMILES string of the molecule is O=C(NNc1ccccc1F)c1cccc(NS(=O)(=O)c2c[nH]c(=O)[nH]c2=O)c1. The highest BCUT2D eigenvalue weighted by Crippen LogP contribution is 2.15. The fraction of sp³-hybridized carbons (Fsp3) is 0. The van der Waals surface area contributed by atoms with Gasteiger partial charge in [0.05, 0.1) is 5.69 Å². The van der Waals surface area contributed by atoms with Gasteiger partial charge in [0.1, 0.15) is 5.82 Å². The summed E-state index contributed by atoms with van der Waals surface area (Å²) < 4.78 is 40.4. The van der Waals surface area contributed by atoms with Gasteiger partial charge in [-0.15, -0.1) is 0 Å². The van der Waals surface area contributed by atoms with E-state index in [1.54, 1.807) is 6.07 Å². The van der Waals surface area contributed by atoms with Crippen molar-refractivity contribution >= 4 is 27.3 Å². The summed E-state index contributed by atoms with van der Waals surface area (Å²) in [5.41, 5.74) is 2.88. The molecule has 1 amide bonds. The number of aromatic amines is 2. The third kappa shape index (κ3) is 4.68. The second-order valence-electron chi connectivity index (χ2n) is 5.68. The molecule has 1 aromatic heterocycles. The molecule has 0 atom stereocenters. The molecule has 0 fully saturated rings. The maximum absolute atomic E-state index is 13.6. The van der Waals surface area contributed by atoms with E-state index in [0.717, 1.165) is 6.20 Å². The van der Waals surface area contributed by atoms with Crippen molar-refractivity contribution in [2.45, 2.75) is 4.90 Å². The lowest BCUT2D eigenvalue weighted by Crippen LogP contribution is -2.30. The van der Waals surface area contributed by atoms with E-state index >= 15 is 0 Å². The number of sulfonamides is 1. The molecule has 2 aromatic carbocycles.